The molecule has 5 nitrogen and oxygen atoms in total. The minimum absolute atomic E-state index is 0.104. The molecule has 1 aliphatic rings. The summed E-state index contributed by atoms with van der Waals surface area (Å²) in [6.07, 6.45) is 0.899. The van der Waals surface area contributed by atoms with Gasteiger partial charge in [0.05, 0.1) is 0 Å². The van der Waals surface area contributed by atoms with E-state index in [4.69, 9.17) is 0 Å². The number of rotatable bonds is 2. The van der Waals surface area contributed by atoms with Gasteiger partial charge in [0.2, 0.25) is 0 Å². The third-order valence-corrected chi connectivity index (χ3v) is 3.80. The first-order valence-corrected chi connectivity index (χ1v) is 6.80. The Morgan fingerprint density at radius 3 is 2.90 bits per heavy atom. The molecule has 1 fully saturated rings. The predicted molar refractivity (Wildman–Crippen MR) is 78.0 cm³/mol. The van der Waals surface area contributed by atoms with Gasteiger partial charge in [-0.1, -0.05) is 18.2 Å². The van der Waals surface area contributed by atoms with Gasteiger partial charge in [0.25, 0.3) is 11.5 Å². The van der Waals surface area contributed by atoms with Crippen LogP contribution in [-0.2, 0) is 0 Å². The Morgan fingerprint density at radius 1 is 1.35 bits per heavy atom. The predicted octanol–water partition coefficient (Wildman–Crippen LogP) is 0.928. The molecule has 0 radical (unpaired) electrons. The normalized spacial score (nSPS) is 18.4. The summed E-state index contributed by atoms with van der Waals surface area (Å²) in [6.45, 7) is 3.48. The molecular formula is C15H17N3O2. The van der Waals surface area contributed by atoms with E-state index in [1.807, 2.05) is 31.2 Å². The number of carbonyl (C=O) groups is 1. The highest BCUT2D eigenvalue weighted by molar-refractivity contribution is 6.00. The standard InChI is InChI=1S/C15H17N3O2/c1-9-11-4-2-3-5-12(11)18-15(20)13(9)14(19)17-10-6-7-16-8-10/h2-5,10,16H,6-8H2,1H3,(H,17,19)(H,18,20). The van der Waals surface area contributed by atoms with Crippen LogP contribution in [0.5, 0.6) is 0 Å². The molecule has 1 aliphatic heterocycles. The second-order valence-corrected chi connectivity index (χ2v) is 5.16. The third-order valence-electron chi connectivity index (χ3n) is 3.80. The van der Waals surface area contributed by atoms with Gasteiger partial charge in [0.15, 0.2) is 0 Å². The second-order valence-electron chi connectivity index (χ2n) is 5.16. The maximum absolute atomic E-state index is 12.3. The van der Waals surface area contributed by atoms with Crippen molar-refractivity contribution in [2.75, 3.05) is 13.1 Å². The van der Waals surface area contributed by atoms with E-state index in [2.05, 4.69) is 15.6 Å². The van der Waals surface area contributed by atoms with Gasteiger partial charge in [-0.2, -0.15) is 0 Å². The largest absolute Gasteiger partial charge is 0.348 e. The van der Waals surface area contributed by atoms with Crippen molar-refractivity contribution in [1.29, 1.82) is 0 Å². The van der Waals surface area contributed by atoms with Gasteiger partial charge in [-0.25, -0.2) is 0 Å². The molecule has 1 amide bonds. The van der Waals surface area contributed by atoms with Crippen LogP contribution in [0.4, 0.5) is 0 Å². The molecule has 3 N–H and O–H groups in total. The van der Waals surface area contributed by atoms with Crippen LogP contribution in [0.2, 0.25) is 0 Å². The fourth-order valence-corrected chi connectivity index (χ4v) is 2.72. The lowest BCUT2D eigenvalue weighted by Crippen LogP contribution is -2.39. The highest BCUT2D eigenvalue weighted by atomic mass is 16.2. The molecule has 0 spiro atoms. The Hall–Kier alpha value is -2.14. The van der Waals surface area contributed by atoms with Gasteiger partial charge < -0.3 is 15.6 Å². The van der Waals surface area contributed by atoms with Crippen molar-refractivity contribution < 1.29 is 4.79 Å². The quantitative estimate of drug-likeness (QED) is 0.760. The molecular weight excluding hydrogens is 254 g/mol. The second kappa shape index (κ2) is 5.09. The number of H-pyrrole nitrogens is 1. The molecule has 1 saturated heterocycles. The van der Waals surface area contributed by atoms with Gasteiger partial charge in [-0.15, -0.1) is 0 Å². The molecule has 20 heavy (non-hydrogen) atoms. The maximum atomic E-state index is 12.3. The smallest absolute Gasteiger partial charge is 0.261 e. The van der Waals surface area contributed by atoms with Gasteiger partial charge in [-0.3, -0.25) is 9.59 Å². The molecule has 1 aromatic carbocycles. The summed E-state index contributed by atoms with van der Waals surface area (Å²) < 4.78 is 0. The summed E-state index contributed by atoms with van der Waals surface area (Å²) in [6, 6.07) is 7.62. The first-order chi connectivity index (χ1) is 9.66. The third kappa shape index (κ3) is 2.20. The van der Waals surface area contributed by atoms with Crippen LogP contribution < -0.4 is 16.2 Å². The molecule has 1 atom stereocenters. The van der Waals surface area contributed by atoms with Gasteiger partial charge in [-0.05, 0) is 31.5 Å². The molecule has 0 saturated carbocycles. The van der Waals surface area contributed by atoms with Crippen molar-refractivity contribution in [1.82, 2.24) is 15.6 Å². The van der Waals surface area contributed by atoms with Crippen LogP contribution >= 0.6 is 0 Å². The summed E-state index contributed by atoms with van der Waals surface area (Å²) in [4.78, 5) is 27.2. The van der Waals surface area contributed by atoms with Crippen molar-refractivity contribution in [2.24, 2.45) is 0 Å². The number of nitrogens with one attached hydrogen (secondary N) is 3. The Balaban J connectivity index is 2.02. The lowest BCUT2D eigenvalue weighted by Gasteiger charge is -2.13. The van der Waals surface area contributed by atoms with Crippen molar-refractivity contribution in [2.45, 2.75) is 19.4 Å². The average Bonchev–Trinajstić information content (AvgIpc) is 2.91. The van der Waals surface area contributed by atoms with Crippen LogP contribution in [0.25, 0.3) is 10.9 Å². The van der Waals surface area contributed by atoms with Crippen molar-refractivity contribution in [3.8, 4) is 0 Å². The first-order valence-electron chi connectivity index (χ1n) is 6.80. The number of carbonyl (C=O) groups excluding carboxylic acids is 1. The lowest BCUT2D eigenvalue weighted by atomic mass is 10.0. The number of para-hydroxylation sites is 1. The number of benzene rings is 1. The van der Waals surface area contributed by atoms with Crippen LogP contribution in [0.3, 0.4) is 0 Å². The monoisotopic (exact) mass is 271 g/mol. The van der Waals surface area contributed by atoms with Crippen molar-refractivity contribution >= 4 is 16.8 Å². The topological polar surface area (TPSA) is 74.0 Å². The zero-order chi connectivity index (χ0) is 14.1. The fraction of sp³-hybridized carbons (Fsp3) is 0.333. The minimum atomic E-state index is -0.329. The van der Waals surface area contributed by atoms with Gasteiger partial charge in [0.1, 0.15) is 5.56 Å². The number of hydrogen-bond donors (Lipinski definition) is 3. The Bertz CT molecular complexity index is 715. The minimum Gasteiger partial charge on any atom is -0.348 e. The number of aromatic nitrogens is 1. The fourth-order valence-electron chi connectivity index (χ4n) is 2.72. The average molecular weight is 271 g/mol. The zero-order valence-electron chi connectivity index (χ0n) is 11.3. The maximum Gasteiger partial charge on any atom is 0.261 e. The number of pyridine rings is 1. The van der Waals surface area contributed by atoms with Crippen LogP contribution in [0.1, 0.15) is 22.3 Å². The van der Waals surface area contributed by atoms with Gasteiger partial charge in [0, 0.05) is 23.5 Å². The summed E-state index contributed by atoms with van der Waals surface area (Å²) >= 11 is 0. The Kier molecular flexibility index (Phi) is 3.28. The van der Waals surface area contributed by atoms with Crippen LogP contribution in [0, 0.1) is 6.92 Å². The highest BCUT2D eigenvalue weighted by Gasteiger charge is 2.21. The number of aryl methyl sites for hydroxylation is 1. The summed E-state index contributed by atoms with van der Waals surface area (Å²) in [7, 11) is 0. The van der Waals surface area contributed by atoms with Crippen LogP contribution in [0.15, 0.2) is 29.1 Å². The lowest BCUT2D eigenvalue weighted by molar-refractivity contribution is 0.0938. The SMILES string of the molecule is Cc1c(C(=O)NC2CCNC2)c(=O)[nH]c2ccccc12. The summed E-state index contributed by atoms with van der Waals surface area (Å²) in [5, 5.41) is 7.01. The molecule has 104 valence electrons. The molecule has 5 heteroatoms. The molecule has 1 aromatic heterocycles. The van der Waals surface area contributed by atoms with Crippen molar-refractivity contribution in [3.05, 3.63) is 45.7 Å². The van der Waals surface area contributed by atoms with E-state index in [0.717, 1.165) is 36.0 Å². The first kappa shape index (κ1) is 12.9. The van der Waals surface area contributed by atoms with E-state index >= 15 is 0 Å². The highest BCUT2D eigenvalue weighted by Crippen LogP contribution is 2.17. The molecule has 2 heterocycles. The van der Waals surface area contributed by atoms with Crippen LogP contribution in [-0.4, -0.2) is 30.0 Å². The molecule has 3 rings (SSSR count). The number of fused-ring (bicyclic) bond motifs is 1. The van der Waals surface area contributed by atoms with E-state index in [1.165, 1.54) is 0 Å². The Labute approximate surface area is 116 Å². The van der Waals surface area contributed by atoms with E-state index in [1.54, 1.807) is 0 Å². The summed E-state index contributed by atoms with van der Waals surface area (Å²) in [5.74, 6) is -0.289. The van der Waals surface area contributed by atoms with Crippen molar-refractivity contribution in [3.63, 3.8) is 0 Å². The van der Waals surface area contributed by atoms with E-state index in [9.17, 15) is 9.59 Å². The number of aromatic amines is 1. The number of hydrogen-bond acceptors (Lipinski definition) is 3. The molecule has 1 unspecified atom stereocenters. The molecule has 0 aliphatic carbocycles. The summed E-state index contributed by atoms with van der Waals surface area (Å²) in [5.41, 5.74) is 1.38. The van der Waals surface area contributed by atoms with E-state index in [-0.39, 0.29) is 23.1 Å². The van der Waals surface area contributed by atoms with Gasteiger partial charge >= 0.3 is 0 Å². The number of amides is 1. The van der Waals surface area contributed by atoms with E-state index in [0.29, 0.717) is 0 Å². The molecule has 0 bridgehead atoms. The molecule has 2 aromatic rings. The van der Waals surface area contributed by atoms with E-state index < -0.39 is 0 Å². The zero-order valence-corrected chi connectivity index (χ0v) is 11.3. The Morgan fingerprint density at radius 2 is 2.15 bits per heavy atom.